The third-order valence-corrected chi connectivity index (χ3v) is 5.01. The van der Waals surface area contributed by atoms with Gasteiger partial charge in [0.1, 0.15) is 5.69 Å². The summed E-state index contributed by atoms with van der Waals surface area (Å²) in [5.74, 6) is 0.425. The zero-order valence-corrected chi connectivity index (χ0v) is 17.1. The van der Waals surface area contributed by atoms with Crippen LogP contribution in [0.2, 0.25) is 0 Å². The standard InChI is InChI=1S/C23H21N5O3/c1-28(21-19(31-2)8-5-11-25-21)22(30)20-17-12-14(9-10-18(17)26-23(24)27-20)16-7-4-3-6-15(16)13-29/h3-12,29H,13H2,1-2H3,(H2,24,26,27). The van der Waals surface area contributed by atoms with E-state index in [0.717, 1.165) is 16.7 Å². The lowest BCUT2D eigenvalue weighted by atomic mass is 9.98. The average Bonchev–Trinajstić information content (AvgIpc) is 2.82. The van der Waals surface area contributed by atoms with E-state index in [1.54, 1.807) is 31.4 Å². The van der Waals surface area contributed by atoms with Crippen LogP contribution in [-0.4, -0.2) is 40.1 Å². The number of nitrogens with two attached hydrogens (primary N) is 1. The predicted octanol–water partition coefficient (Wildman–Crippen LogP) is 3.05. The first-order valence-electron chi connectivity index (χ1n) is 9.57. The molecule has 2 heterocycles. The minimum absolute atomic E-state index is 0.000689. The lowest BCUT2D eigenvalue weighted by molar-refractivity contribution is 0.0988. The third kappa shape index (κ3) is 3.76. The van der Waals surface area contributed by atoms with E-state index in [4.69, 9.17) is 10.5 Å². The van der Waals surface area contributed by atoms with Crippen molar-refractivity contribution in [3.05, 3.63) is 72.1 Å². The first-order chi connectivity index (χ1) is 15.0. The molecule has 1 amide bonds. The fraction of sp³-hybridized carbons (Fsp3) is 0.130. The van der Waals surface area contributed by atoms with Gasteiger partial charge in [-0.1, -0.05) is 30.3 Å². The van der Waals surface area contributed by atoms with E-state index in [-0.39, 0.29) is 18.2 Å². The van der Waals surface area contributed by atoms with E-state index < -0.39 is 5.91 Å². The molecule has 0 fully saturated rings. The Kier molecular flexibility index (Phi) is 5.46. The van der Waals surface area contributed by atoms with Crippen LogP contribution in [0.4, 0.5) is 11.8 Å². The molecule has 8 heteroatoms. The number of amides is 1. The average molecular weight is 415 g/mol. The first-order valence-corrected chi connectivity index (χ1v) is 9.57. The van der Waals surface area contributed by atoms with Gasteiger partial charge in [-0.2, -0.15) is 0 Å². The zero-order chi connectivity index (χ0) is 22.0. The van der Waals surface area contributed by atoms with E-state index in [1.807, 2.05) is 36.4 Å². The van der Waals surface area contributed by atoms with E-state index in [1.165, 1.54) is 12.0 Å². The predicted molar refractivity (Wildman–Crippen MR) is 119 cm³/mol. The van der Waals surface area contributed by atoms with Gasteiger partial charge < -0.3 is 15.6 Å². The van der Waals surface area contributed by atoms with Gasteiger partial charge in [-0.05, 0) is 41.0 Å². The maximum absolute atomic E-state index is 13.4. The summed E-state index contributed by atoms with van der Waals surface area (Å²) in [7, 11) is 3.12. The fourth-order valence-electron chi connectivity index (χ4n) is 3.47. The van der Waals surface area contributed by atoms with Crippen LogP contribution >= 0.6 is 0 Å². The molecule has 0 saturated carbocycles. The van der Waals surface area contributed by atoms with Gasteiger partial charge in [-0.15, -0.1) is 0 Å². The number of nitrogen functional groups attached to an aromatic ring is 1. The number of hydrogen-bond acceptors (Lipinski definition) is 7. The maximum Gasteiger partial charge on any atom is 0.278 e. The van der Waals surface area contributed by atoms with Crippen molar-refractivity contribution < 1.29 is 14.6 Å². The first kappa shape index (κ1) is 20.2. The smallest absolute Gasteiger partial charge is 0.278 e. The number of methoxy groups -OCH3 is 1. The monoisotopic (exact) mass is 415 g/mol. The van der Waals surface area contributed by atoms with Gasteiger partial charge in [0.2, 0.25) is 5.95 Å². The molecule has 0 spiro atoms. The summed E-state index contributed by atoms with van der Waals surface area (Å²) in [5, 5.41) is 10.2. The number of aliphatic hydroxyl groups excluding tert-OH is 1. The Morgan fingerprint density at radius 3 is 2.71 bits per heavy atom. The molecule has 0 aliphatic carbocycles. The molecule has 4 rings (SSSR count). The number of ether oxygens (including phenoxy) is 1. The Bertz CT molecular complexity index is 1280. The van der Waals surface area contributed by atoms with Crippen molar-refractivity contribution in [2.24, 2.45) is 0 Å². The van der Waals surface area contributed by atoms with Crippen molar-refractivity contribution in [1.82, 2.24) is 15.0 Å². The topological polar surface area (TPSA) is 114 Å². The second kappa shape index (κ2) is 8.37. The molecule has 0 bridgehead atoms. The summed E-state index contributed by atoms with van der Waals surface area (Å²) in [5.41, 5.74) is 9.06. The molecular formula is C23H21N5O3. The van der Waals surface area contributed by atoms with E-state index in [9.17, 15) is 9.90 Å². The summed E-state index contributed by atoms with van der Waals surface area (Å²) >= 11 is 0. The van der Waals surface area contributed by atoms with Crippen LogP contribution in [-0.2, 0) is 6.61 Å². The molecule has 0 radical (unpaired) electrons. The van der Waals surface area contributed by atoms with Gasteiger partial charge in [0.25, 0.3) is 5.91 Å². The lowest BCUT2D eigenvalue weighted by Crippen LogP contribution is -2.29. The van der Waals surface area contributed by atoms with E-state index >= 15 is 0 Å². The second-order valence-corrected chi connectivity index (χ2v) is 6.87. The van der Waals surface area contributed by atoms with Gasteiger partial charge in [0, 0.05) is 18.6 Å². The number of aliphatic hydroxyl groups is 1. The quantitative estimate of drug-likeness (QED) is 0.515. The van der Waals surface area contributed by atoms with Gasteiger partial charge in [-0.25, -0.2) is 15.0 Å². The van der Waals surface area contributed by atoms with Crippen LogP contribution in [0.3, 0.4) is 0 Å². The molecule has 156 valence electrons. The van der Waals surface area contributed by atoms with Crippen molar-refractivity contribution in [2.75, 3.05) is 24.8 Å². The van der Waals surface area contributed by atoms with Gasteiger partial charge in [-0.3, -0.25) is 9.69 Å². The van der Waals surface area contributed by atoms with Crippen LogP contribution < -0.4 is 15.4 Å². The van der Waals surface area contributed by atoms with Gasteiger partial charge >= 0.3 is 0 Å². The normalized spacial score (nSPS) is 10.8. The largest absolute Gasteiger partial charge is 0.493 e. The van der Waals surface area contributed by atoms with Crippen molar-refractivity contribution >= 4 is 28.6 Å². The molecule has 0 unspecified atom stereocenters. The number of fused-ring (bicyclic) bond motifs is 1. The SMILES string of the molecule is COc1cccnc1N(C)C(=O)c1nc(N)nc2ccc(-c3ccccc3CO)cc12. The molecule has 2 aromatic carbocycles. The van der Waals surface area contributed by atoms with Crippen LogP contribution in [0.25, 0.3) is 22.0 Å². The van der Waals surface area contributed by atoms with Gasteiger partial charge in [0.15, 0.2) is 11.6 Å². The van der Waals surface area contributed by atoms with Crippen LogP contribution in [0.15, 0.2) is 60.8 Å². The summed E-state index contributed by atoms with van der Waals surface area (Å²) in [6, 6.07) is 16.5. The zero-order valence-electron chi connectivity index (χ0n) is 17.1. The molecule has 0 atom stereocenters. The number of anilines is 2. The number of nitrogens with zero attached hydrogens (tertiary/aromatic N) is 4. The highest BCUT2D eigenvalue weighted by atomic mass is 16.5. The summed E-state index contributed by atoms with van der Waals surface area (Å²) in [6.07, 6.45) is 1.58. The van der Waals surface area contributed by atoms with Crippen molar-refractivity contribution in [3.63, 3.8) is 0 Å². The Balaban J connectivity index is 1.86. The molecule has 0 aliphatic rings. The van der Waals surface area contributed by atoms with E-state index in [0.29, 0.717) is 22.5 Å². The number of carbonyl (C=O) groups is 1. The third-order valence-electron chi connectivity index (χ3n) is 5.01. The summed E-state index contributed by atoms with van der Waals surface area (Å²) < 4.78 is 5.33. The molecule has 4 aromatic rings. The number of benzene rings is 2. The number of pyridine rings is 1. The second-order valence-electron chi connectivity index (χ2n) is 6.87. The number of hydrogen-bond donors (Lipinski definition) is 2. The van der Waals surface area contributed by atoms with Crippen molar-refractivity contribution in [3.8, 4) is 16.9 Å². The summed E-state index contributed by atoms with van der Waals surface area (Å²) in [6.45, 7) is -0.0968. The minimum Gasteiger partial charge on any atom is -0.493 e. The highest BCUT2D eigenvalue weighted by molar-refractivity contribution is 6.12. The molecular weight excluding hydrogens is 394 g/mol. The highest BCUT2D eigenvalue weighted by Crippen LogP contribution is 2.30. The Hall–Kier alpha value is -4.04. The lowest BCUT2D eigenvalue weighted by Gasteiger charge is -2.19. The molecule has 0 aliphatic heterocycles. The maximum atomic E-state index is 13.4. The Morgan fingerprint density at radius 1 is 1.13 bits per heavy atom. The molecule has 8 nitrogen and oxygen atoms in total. The number of aromatic nitrogens is 3. The highest BCUT2D eigenvalue weighted by Gasteiger charge is 2.23. The Morgan fingerprint density at radius 2 is 1.94 bits per heavy atom. The molecule has 3 N–H and O–H groups in total. The van der Waals surface area contributed by atoms with Crippen molar-refractivity contribution in [2.45, 2.75) is 6.61 Å². The van der Waals surface area contributed by atoms with Gasteiger partial charge in [0.05, 0.1) is 19.2 Å². The van der Waals surface area contributed by atoms with Crippen molar-refractivity contribution in [1.29, 1.82) is 0 Å². The molecule has 31 heavy (non-hydrogen) atoms. The van der Waals surface area contributed by atoms with Crippen LogP contribution in [0.5, 0.6) is 5.75 Å². The Labute approximate surface area is 179 Å². The van der Waals surface area contributed by atoms with Crippen LogP contribution in [0, 0.1) is 0 Å². The molecule has 0 saturated heterocycles. The summed E-state index contributed by atoms with van der Waals surface area (Å²) in [4.78, 5) is 27.5. The number of carbonyl (C=O) groups excluding carboxylic acids is 1. The van der Waals surface area contributed by atoms with E-state index in [2.05, 4.69) is 15.0 Å². The fourth-order valence-corrected chi connectivity index (χ4v) is 3.47. The van der Waals surface area contributed by atoms with Crippen LogP contribution in [0.1, 0.15) is 16.1 Å². The molecule has 2 aromatic heterocycles. The minimum atomic E-state index is -0.399. The number of rotatable bonds is 5.